The molecule has 1 aromatic heterocycles. The number of amides is 1. The van der Waals surface area contributed by atoms with Gasteiger partial charge in [0, 0.05) is 17.9 Å². The Morgan fingerprint density at radius 2 is 2.05 bits per heavy atom. The zero-order chi connectivity index (χ0) is 14.3. The monoisotopic (exact) mass is 347 g/mol. The highest BCUT2D eigenvalue weighted by Gasteiger charge is 2.25. The van der Waals surface area contributed by atoms with Crippen LogP contribution in [0.4, 0.5) is 0 Å². The molecule has 19 heavy (non-hydrogen) atoms. The minimum absolute atomic E-state index is 0.0894. The Bertz CT molecular complexity index is 393. The Morgan fingerprint density at radius 1 is 1.37 bits per heavy atom. The molecular formula is C13H22BrN3OS. The van der Waals surface area contributed by atoms with Crippen LogP contribution < -0.4 is 0 Å². The number of carbonyl (C=O) groups is 1. The number of carbonyl (C=O) groups excluding carboxylic acids is 1. The predicted molar refractivity (Wildman–Crippen MR) is 83.1 cm³/mol. The predicted octanol–water partition coefficient (Wildman–Crippen LogP) is 3.52. The van der Waals surface area contributed by atoms with Gasteiger partial charge in [-0.05, 0) is 30.8 Å². The van der Waals surface area contributed by atoms with Crippen molar-refractivity contribution in [1.29, 1.82) is 0 Å². The Hall–Kier alpha value is -0.490. The summed E-state index contributed by atoms with van der Waals surface area (Å²) in [5.41, 5.74) is 0.850. The number of hydrogen-bond acceptors (Lipinski definition) is 4. The van der Waals surface area contributed by atoms with Crippen molar-refractivity contribution in [2.24, 2.45) is 0 Å². The number of alkyl halides is 1. The highest BCUT2D eigenvalue weighted by molar-refractivity contribution is 9.09. The molecule has 0 saturated heterocycles. The summed E-state index contributed by atoms with van der Waals surface area (Å²) in [6, 6.07) is 0.293. The van der Waals surface area contributed by atoms with Crippen LogP contribution in [0, 0.1) is 0 Å². The Balaban J connectivity index is 2.94. The maximum Gasteiger partial charge on any atom is 0.267 e. The van der Waals surface area contributed by atoms with Crippen LogP contribution in [0.25, 0.3) is 0 Å². The van der Waals surface area contributed by atoms with Crippen LogP contribution >= 0.6 is 27.5 Å². The van der Waals surface area contributed by atoms with Gasteiger partial charge >= 0.3 is 0 Å². The van der Waals surface area contributed by atoms with E-state index in [9.17, 15) is 4.79 Å². The molecule has 0 aliphatic carbocycles. The molecule has 6 heteroatoms. The largest absolute Gasteiger partial charge is 0.334 e. The smallest absolute Gasteiger partial charge is 0.267 e. The molecule has 0 spiro atoms. The van der Waals surface area contributed by atoms with Gasteiger partial charge in [-0.2, -0.15) is 0 Å². The number of rotatable bonds is 8. The summed E-state index contributed by atoms with van der Waals surface area (Å²) in [5.74, 6) is 0.0894. The molecule has 108 valence electrons. The van der Waals surface area contributed by atoms with Crippen molar-refractivity contribution in [3.63, 3.8) is 0 Å². The number of halogens is 1. The molecule has 0 aliphatic heterocycles. The average Bonchev–Trinajstić information content (AvgIpc) is 2.87. The highest BCUT2D eigenvalue weighted by atomic mass is 79.9. The fourth-order valence-electron chi connectivity index (χ4n) is 2.17. The first-order valence-electron chi connectivity index (χ1n) is 6.87. The first-order chi connectivity index (χ1) is 9.19. The van der Waals surface area contributed by atoms with E-state index in [-0.39, 0.29) is 5.91 Å². The van der Waals surface area contributed by atoms with Gasteiger partial charge in [0.2, 0.25) is 0 Å². The molecule has 0 unspecified atom stereocenters. The van der Waals surface area contributed by atoms with Crippen molar-refractivity contribution < 1.29 is 4.79 Å². The van der Waals surface area contributed by atoms with Gasteiger partial charge in [0.1, 0.15) is 4.88 Å². The second-order valence-corrected chi connectivity index (χ2v) is 6.00. The summed E-state index contributed by atoms with van der Waals surface area (Å²) in [6.45, 7) is 7.07. The van der Waals surface area contributed by atoms with E-state index in [2.05, 4.69) is 46.3 Å². The molecule has 1 heterocycles. The van der Waals surface area contributed by atoms with Crippen LogP contribution in [0.15, 0.2) is 0 Å². The van der Waals surface area contributed by atoms with E-state index >= 15 is 0 Å². The van der Waals surface area contributed by atoms with Gasteiger partial charge in [-0.25, -0.2) is 0 Å². The second kappa shape index (κ2) is 8.64. The lowest BCUT2D eigenvalue weighted by atomic mass is 10.1. The highest BCUT2D eigenvalue weighted by Crippen LogP contribution is 2.19. The van der Waals surface area contributed by atoms with E-state index in [1.807, 2.05) is 4.90 Å². The first kappa shape index (κ1) is 16.6. The Morgan fingerprint density at radius 3 is 2.58 bits per heavy atom. The average molecular weight is 348 g/mol. The van der Waals surface area contributed by atoms with Crippen molar-refractivity contribution >= 4 is 33.4 Å². The van der Waals surface area contributed by atoms with E-state index in [4.69, 9.17) is 0 Å². The maximum atomic E-state index is 12.7. The summed E-state index contributed by atoms with van der Waals surface area (Å²) in [6.07, 6.45) is 3.76. The van der Waals surface area contributed by atoms with E-state index < -0.39 is 0 Å². The van der Waals surface area contributed by atoms with Crippen molar-refractivity contribution in [1.82, 2.24) is 14.5 Å². The fraction of sp³-hybridized carbons (Fsp3) is 0.769. The molecule has 0 N–H and O–H groups in total. The third-order valence-electron chi connectivity index (χ3n) is 3.21. The quantitative estimate of drug-likeness (QED) is 0.676. The number of aromatic nitrogens is 2. The molecule has 1 amide bonds. The van der Waals surface area contributed by atoms with Crippen molar-refractivity contribution in [2.75, 3.05) is 11.9 Å². The third kappa shape index (κ3) is 4.24. The standard InChI is InChI=1S/C13H22BrN3OS/c1-4-7-11-12(19-16-15-11)13(18)17(9-8-14)10(5-2)6-3/h10H,4-9H2,1-3H3. The molecule has 0 bridgehead atoms. The van der Waals surface area contributed by atoms with Crippen molar-refractivity contribution in [2.45, 2.75) is 52.5 Å². The van der Waals surface area contributed by atoms with E-state index in [1.54, 1.807) is 0 Å². The molecule has 1 aromatic rings. The lowest BCUT2D eigenvalue weighted by molar-refractivity contribution is 0.0686. The summed E-state index contributed by atoms with van der Waals surface area (Å²) in [7, 11) is 0. The topological polar surface area (TPSA) is 46.1 Å². The van der Waals surface area contributed by atoms with Gasteiger partial charge in [0.05, 0.1) is 5.69 Å². The summed E-state index contributed by atoms with van der Waals surface area (Å²) < 4.78 is 3.95. The van der Waals surface area contributed by atoms with Crippen molar-refractivity contribution in [3.05, 3.63) is 10.6 Å². The molecule has 0 aliphatic rings. The van der Waals surface area contributed by atoms with Crippen LogP contribution in [0.2, 0.25) is 0 Å². The lowest BCUT2D eigenvalue weighted by Crippen LogP contribution is -2.41. The molecule has 4 nitrogen and oxygen atoms in total. The second-order valence-electron chi connectivity index (χ2n) is 4.46. The number of hydrogen-bond donors (Lipinski definition) is 0. The van der Waals surface area contributed by atoms with E-state index in [0.29, 0.717) is 6.04 Å². The van der Waals surface area contributed by atoms with Gasteiger partial charge in [-0.15, -0.1) is 5.10 Å². The fourth-order valence-corrected chi connectivity index (χ4v) is 3.22. The summed E-state index contributed by atoms with van der Waals surface area (Å²) in [4.78, 5) is 15.4. The zero-order valence-corrected chi connectivity index (χ0v) is 14.3. The molecule has 0 radical (unpaired) electrons. The van der Waals surface area contributed by atoms with Crippen LogP contribution in [0.5, 0.6) is 0 Å². The number of nitrogens with zero attached hydrogens (tertiary/aromatic N) is 3. The van der Waals surface area contributed by atoms with Crippen molar-refractivity contribution in [3.8, 4) is 0 Å². The minimum atomic E-state index is 0.0894. The normalized spacial score (nSPS) is 11.0. The maximum absolute atomic E-state index is 12.7. The van der Waals surface area contributed by atoms with Gasteiger partial charge < -0.3 is 4.90 Å². The molecular weight excluding hydrogens is 326 g/mol. The van der Waals surface area contributed by atoms with Gasteiger partial charge in [0.15, 0.2) is 0 Å². The van der Waals surface area contributed by atoms with E-state index in [0.717, 1.165) is 48.1 Å². The Kier molecular flexibility index (Phi) is 7.53. The third-order valence-corrected chi connectivity index (χ3v) is 4.32. The first-order valence-corrected chi connectivity index (χ1v) is 8.77. The van der Waals surface area contributed by atoms with Crippen LogP contribution in [-0.2, 0) is 6.42 Å². The summed E-state index contributed by atoms with van der Waals surface area (Å²) in [5, 5.41) is 4.89. The molecule has 0 fully saturated rings. The van der Waals surface area contributed by atoms with Crippen LogP contribution in [0.1, 0.15) is 55.4 Å². The number of aryl methyl sites for hydroxylation is 1. The SMILES string of the molecule is CCCc1nnsc1C(=O)N(CCBr)C(CC)CC. The molecule has 1 rings (SSSR count). The van der Waals surface area contributed by atoms with Gasteiger partial charge in [-0.3, -0.25) is 4.79 Å². The van der Waals surface area contributed by atoms with E-state index in [1.165, 1.54) is 11.5 Å². The Labute approximate surface area is 127 Å². The summed E-state index contributed by atoms with van der Waals surface area (Å²) >= 11 is 4.66. The lowest BCUT2D eigenvalue weighted by Gasteiger charge is -2.29. The molecule has 0 aromatic carbocycles. The van der Waals surface area contributed by atoms with Gasteiger partial charge in [0.25, 0.3) is 5.91 Å². The molecule has 0 saturated carbocycles. The minimum Gasteiger partial charge on any atom is -0.334 e. The van der Waals surface area contributed by atoms with Crippen LogP contribution in [0.3, 0.4) is 0 Å². The molecule has 0 atom stereocenters. The van der Waals surface area contributed by atoms with Crippen LogP contribution in [-0.4, -0.2) is 38.3 Å². The van der Waals surface area contributed by atoms with Gasteiger partial charge in [-0.1, -0.05) is 47.6 Å². The zero-order valence-electron chi connectivity index (χ0n) is 11.9.